The quantitative estimate of drug-likeness (QED) is 0.200. The van der Waals surface area contributed by atoms with Gasteiger partial charge in [0.1, 0.15) is 5.75 Å². The molecular weight excluding hydrogens is 504 g/mol. The zero-order valence-electron chi connectivity index (χ0n) is 22.0. The molecule has 3 nitrogen and oxygen atoms in total. The molecule has 0 unspecified atom stereocenters. The van der Waals surface area contributed by atoms with Crippen molar-refractivity contribution >= 4 is 21.5 Å². The van der Waals surface area contributed by atoms with Crippen LogP contribution < -0.4 is 0 Å². The molecular formula is C38H24O3. The monoisotopic (exact) mass is 528 g/mol. The normalized spacial score (nSPS) is 11.7. The summed E-state index contributed by atoms with van der Waals surface area (Å²) in [6.45, 7) is 0. The Kier molecular flexibility index (Phi) is 4.98. The minimum Gasteiger partial charge on any atom is -0.507 e. The molecule has 0 heterocycles. The highest BCUT2D eigenvalue weighted by molar-refractivity contribution is 6.29. The predicted octanol–water partition coefficient (Wildman–Crippen LogP) is 9.76. The lowest BCUT2D eigenvalue weighted by atomic mass is 9.82. The van der Waals surface area contributed by atoms with E-state index in [-0.39, 0.29) is 17.2 Å². The Balaban J connectivity index is 1.62. The minimum atomic E-state index is -0.161. The molecule has 3 heteroatoms. The first-order valence-electron chi connectivity index (χ1n) is 13.6. The maximum absolute atomic E-state index is 11.3. The van der Waals surface area contributed by atoms with Gasteiger partial charge in [0.25, 0.3) is 0 Å². The van der Waals surface area contributed by atoms with Crippen LogP contribution in [0.2, 0.25) is 0 Å². The molecule has 0 saturated heterocycles. The van der Waals surface area contributed by atoms with Crippen LogP contribution in [0.3, 0.4) is 0 Å². The van der Waals surface area contributed by atoms with E-state index in [4.69, 9.17) is 0 Å². The summed E-state index contributed by atoms with van der Waals surface area (Å²) in [5.74, 6) is -0.0858. The van der Waals surface area contributed by atoms with Crippen molar-refractivity contribution < 1.29 is 15.3 Å². The van der Waals surface area contributed by atoms with Crippen molar-refractivity contribution in [2.45, 2.75) is 0 Å². The van der Waals surface area contributed by atoms with Gasteiger partial charge in [0.2, 0.25) is 0 Å². The van der Waals surface area contributed by atoms with Gasteiger partial charge >= 0.3 is 0 Å². The molecule has 7 aromatic carbocycles. The molecule has 0 aromatic heterocycles. The van der Waals surface area contributed by atoms with E-state index >= 15 is 0 Å². The van der Waals surface area contributed by atoms with Crippen molar-refractivity contribution in [2.75, 3.05) is 0 Å². The van der Waals surface area contributed by atoms with E-state index in [9.17, 15) is 15.3 Å². The van der Waals surface area contributed by atoms with Crippen LogP contribution in [-0.2, 0) is 0 Å². The van der Waals surface area contributed by atoms with Crippen molar-refractivity contribution in [3.8, 4) is 72.9 Å². The van der Waals surface area contributed by atoms with Crippen LogP contribution >= 0.6 is 0 Å². The fourth-order valence-electron chi connectivity index (χ4n) is 6.61. The number of aromatic hydroxyl groups is 3. The van der Waals surface area contributed by atoms with E-state index in [2.05, 4.69) is 48.5 Å². The van der Waals surface area contributed by atoms with Crippen LogP contribution in [0.25, 0.3) is 77.2 Å². The summed E-state index contributed by atoms with van der Waals surface area (Å²) >= 11 is 0. The van der Waals surface area contributed by atoms with Crippen LogP contribution in [0.4, 0.5) is 0 Å². The maximum atomic E-state index is 11.3. The molecule has 7 aromatic rings. The van der Waals surface area contributed by atoms with Gasteiger partial charge < -0.3 is 15.3 Å². The average molecular weight is 529 g/mol. The number of phenols is 3. The molecule has 0 radical (unpaired) electrons. The fourth-order valence-corrected chi connectivity index (χ4v) is 6.61. The molecule has 0 fully saturated rings. The summed E-state index contributed by atoms with van der Waals surface area (Å²) in [4.78, 5) is 0. The maximum Gasteiger partial charge on any atom is 0.158 e. The summed E-state index contributed by atoms with van der Waals surface area (Å²) in [5.41, 5.74) is 10.2. The Labute approximate surface area is 236 Å². The number of phenolic OH excluding ortho intramolecular Hbond substituents is 3. The Morgan fingerprint density at radius 2 is 0.732 bits per heavy atom. The van der Waals surface area contributed by atoms with Crippen LogP contribution in [0.15, 0.2) is 127 Å². The van der Waals surface area contributed by atoms with Gasteiger partial charge in [-0.3, -0.25) is 0 Å². The molecule has 41 heavy (non-hydrogen) atoms. The summed E-state index contributed by atoms with van der Waals surface area (Å²) in [6.07, 6.45) is 0. The number of hydrogen-bond donors (Lipinski definition) is 3. The average Bonchev–Trinajstić information content (AvgIpc) is 3.34. The molecule has 0 atom stereocenters. The molecule has 0 amide bonds. The van der Waals surface area contributed by atoms with Gasteiger partial charge in [-0.2, -0.15) is 0 Å². The largest absolute Gasteiger partial charge is 0.507 e. The van der Waals surface area contributed by atoms with Crippen LogP contribution in [-0.4, -0.2) is 15.3 Å². The Hall–Kier alpha value is -5.54. The second-order valence-corrected chi connectivity index (χ2v) is 10.5. The lowest BCUT2D eigenvalue weighted by molar-refractivity contribution is 0.405. The molecule has 0 aliphatic heterocycles. The van der Waals surface area contributed by atoms with Crippen molar-refractivity contribution in [3.63, 3.8) is 0 Å². The topological polar surface area (TPSA) is 60.7 Å². The Morgan fingerprint density at radius 3 is 1.22 bits per heavy atom. The van der Waals surface area contributed by atoms with Gasteiger partial charge in [-0.05, 0) is 90.7 Å². The van der Waals surface area contributed by atoms with Gasteiger partial charge in [-0.25, -0.2) is 0 Å². The van der Waals surface area contributed by atoms with Crippen LogP contribution in [0.1, 0.15) is 0 Å². The van der Waals surface area contributed by atoms with Gasteiger partial charge in [-0.15, -0.1) is 0 Å². The molecule has 1 aliphatic rings. The number of rotatable bonds is 3. The number of benzene rings is 7. The van der Waals surface area contributed by atoms with Gasteiger partial charge in [0, 0.05) is 10.8 Å². The number of fused-ring (bicyclic) bond motifs is 4. The molecule has 3 N–H and O–H groups in total. The Morgan fingerprint density at radius 1 is 0.317 bits per heavy atom. The molecule has 0 spiro atoms. The third kappa shape index (κ3) is 3.33. The second kappa shape index (κ2) is 8.73. The molecule has 0 saturated carbocycles. The molecule has 194 valence electrons. The standard InChI is InChI=1S/C38H24O3/c39-30-19-18-27-35-26(17-16-25(36(30)35)22-10-4-1-5-11-22)37-33(23-12-6-2-7-13-23)28-20-31(40)32(41)21-29(28)34(38(27)37)24-14-8-3-9-15-24/h1-21,39-41H. The highest BCUT2D eigenvalue weighted by atomic mass is 16.3. The van der Waals surface area contributed by atoms with Gasteiger partial charge in [0.05, 0.1) is 0 Å². The van der Waals surface area contributed by atoms with Crippen molar-refractivity contribution in [1.82, 2.24) is 0 Å². The minimum absolute atomic E-state index is 0.161. The summed E-state index contributed by atoms with van der Waals surface area (Å²) in [7, 11) is 0. The molecule has 1 aliphatic carbocycles. The lowest BCUT2D eigenvalue weighted by Crippen LogP contribution is -1.93. The smallest absolute Gasteiger partial charge is 0.158 e. The zero-order valence-corrected chi connectivity index (χ0v) is 22.0. The second-order valence-electron chi connectivity index (χ2n) is 10.5. The van der Waals surface area contributed by atoms with E-state index in [1.165, 1.54) is 0 Å². The van der Waals surface area contributed by atoms with E-state index in [0.717, 1.165) is 77.2 Å². The summed E-state index contributed by atoms with van der Waals surface area (Å²) in [5, 5.41) is 36.3. The first-order valence-corrected chi connectivity index (χ1v) is 13.6. The van der Waals surface area contributed by atoms with Crippen molar-refractivity contribution in [2.24, 2.45) is 0 Å². The fraction of sp³-hybridized carbons (Fsp3) is 0. The van der Waals surface area contributed by atoms with Crippen LogP contribution in [0, 0.1) is 0 Å². The first-order chi connectivity index (χ1) is 20.1. The first kappa shape index (κ1) is 23.4. The van der Waals surface area contributed by atoms with E-state index in [1.54, 1.807) is 18.2 Å². The third-order valence-electron chi connectivity index (χ3n) is 8.29. The number of hydrogen-bond acceptors (Lipinski definition) is 3. The predicted molar refractivity (Wildman–Crippen MR) is 167 cm³/mol. The highest BCUT2D eigenvalue weighted by Gasteiger charge is 2.32. The van der Waals surface area contributed by atoms with Gasteiger partial charge in [-0.1, -0.05) is 103 Å². The third-order valence-corrected chi connectivity index (χ3v) is 8.29. The summed E-state index contributed by atoms with van der Waals surface area (Å²) < 4.78 is 0. The van der Waals surface area contributed by atoms with E-state index in [0.29, 0.717) is 0 Å². The summed E-state index contributed by atoms with van der Waals surface area (Å²) in [6, 6.07) is 41.9. The Bertz CT molecular complexity index is 2050. The van der Waals surface area contributed by atoms with Gasteiger partial charge in [0.15, 0.2) is 11.5 Å². The zero-order chi connectivity index (χ0) is 27.7. The van der Waals surface area contributed by atoms with Crippen molar-refractivity contribution in [1.29, 1.82) is 0 Å². The van der Waals surface area contributed by atoms with Crippen molar-refractivity contribution in [3.05, 3.63) is 127 Å². The van der Waals surface area contributed by atoms with E-state index in [1.807, 2.05) is 60.7 Å². The SMILES string of the molecule is Oc1cc2c(-c3ccccc3)c3c(c(-c4ccccc4)c2cc1O)-c1ccc(-c2ccccc2)c2c(O)ccc-3c12. The lowest BCUT2D eigenvalue weighted by Gasteiger charge is -2.21. The van der Waals surface area contributed by atoms with Crippen LogP contribution in [0.5, 0.6) is 17.2 Å². The van der Waals surface area contributed by atoms with E-state index < -0.39 is 0 Å². The highest BCUT2D eigenvalue weighted by Crippen LogP contribution is 2.60. The molecule has 8 rings (SSSR count). The molecule has 0 bridgehead atoms.